The lowest BCUT2D eigenvalue weighted by atomic mass is 10.1. The Labute approximate surface area is 81.6 Å². The molecule has 1 unspecified atom stereocenters. The Balaban J connectivity index is 3.22. The molecule has 76 valence electrons. The summed E-state index contributed by atoms with van der Waals surface area (Å²) in [6.45, 7) is 3.53. The van der Waals surface area contributed by atoms with E-state index in [0.717, 1.165) is 5.56 Å². The molecule has 0 aromatic heterocycles. The van der Waals surface area contributed by atoms with Gasteiger partial charge < -0.3 is 0 Å². The molecule has 0 aliphatic heterocycles. The zero-order valence-corrected chi connectivity index (χ0v) is 8.06. The van der Waals surface area contributed by atoms with Crippen molar-refractivity contribution in [3.8, 4) is 0 Å². The molecule has 1 atom stereocenters. The summed E-state index contributed by atoms with van der Waals surface area (Å²) in [4.78, 5) is 14.8. The quantitative estimate of drug-likeness (QED) is 0.591. The molecule has 0 radical (unpaired) electrons. The molecule has 1 rings (SSSR count). The monoisotopic (exact) mass is 196 g/mol. The second-order valence-electron chi connectivity index (χ2n) is 3.10. The molecule has 0 amide bonds. The van der Waals surface area contributed by atoms with Gasteiger partial charge in [-0.15, -0.1) is 0 Å². The predicted molar refractivity (Wildman–Crippen MR) is 51.5 cm³/mol. The minimum Gasteiger partial charge on any atom is -0.297 e. The van der Waals surface area contributed by atoms with Crippen LogP contribution in [-0.4, -0.2) is 4.92 Å². The summed E-state index contributed by atoms with van der Waals surface area (Å²) in [6, 6.07) is 4.85. The van der Waals surface area contributed by atoms with E-state index in [1.165, 1.54) is 6.07 Å². The molecule has 0 bridgehead atoms. The predicted octanol–water partition coefficient (Wildman–Crippen LogP) is 1.85. The SMILES string of the molecule is Cc1ccc([N+](=O)[O-])c(C(C)ON)c1. The van der Waals surface area contributed by atoms with Gasteiger partial charge in [0.15, 0.2) is 0 Å². The van der Waals surface area contributed by atoms with Gasteiger partial charge >= 0.3 is 0 Å². The van der Waals surface area contributed by atoms with E-state index >= 15 is 0 Å². The van der Waals surface area contributed by atoms with Crippen LogP contribution < -0.4 is 5.90 Å². The summed E-state index contributed by atoms with van der Waals surface area (Å²) in [5.74, 6) is 5.00. The summed E-state index contributed by atoms with van der Waals surface area (Å²) in [5, 5.41) is 10.7. The highest BCUT2D eigenvalue weighted by atomic mass is 16.6. The first-order valence-electron chi connectivity index (χ1n) is 4.16. The summed E-state index contributed by atoms with van der Waals surface area (Å²) in [5.41, 5.74) is 1.47. The Kier molecular flexibility index (Phi) is 3.16. The third-order valence-electron chi connectivity index (χ3n) is 2.02. The highest BCUT2D eigenvalue weighted by Gasteiger charge is 2.18. The lowest BCUT2D eigenvalue weighted by Crippen LogP contribution is -2.08. The van der Waals surface area contributed by atoms with Crippen molar-refractivity contribution in [1.82, 2.24) is 0 Å². The first-order valence-corrected chi connectivity index (χ1v) is 4.16. The van der Waals surface area contributed by atoms with E-state index in [1.54, 1.807) is 19.1 Å². The van der Waals surface area contributed by atoms with Crippen LogP contribution in [0.25, 0.3) is 0 Å². The Hall–Kier alpha value is -1.46. The van der Waals surface area contributed by atoms with Crippen LogP contribution in [0.4, 0.5) is 5.69 Å². The number of benzene rings is 1. The summed E-state index contributed by atoms with van der Waals surface area (Å²) >= 11 is 0. The smallest absolute Gasteiger partial charge is 0.275 e. The van der Waals surface area contributed by atoms with Crippen LogP contribution in [0.15, 0.2) is 18.2 Å². The number of nitrogens with two attached hydrogens (primary N) is 1. The van der Waals surface area contributed by atoms with E-state index in [-0.39, 0.29) is 5.69 Å². The molecule has 1 aromatic rings. The van der Waals surface area contributed by atoms with E-state index < -0.39 is 11.0 Å². The van der Waals surface area contributed by atoms with Gasteiger partial charge in [0.05, 0.1) is 10.5 Å². The van der Waals surface area contributed by atoms with Crippen molar-refractivity contribution in [1.29, 1.82) is 0 Å². The van der Waals surface area contributed by atoms with Gasteiger partial charge in [0, 0.05) is 6.07 Å². The lowest BCUT2D eigenvalue weighted by molar-refractivity contribution is -0.386. The van der Waals surface area contributed by atoms with Gasteiger partial charge in [-0.3, -0.25) is 15.0 Å². The first-order chi connectivity index (χ1) is 6.56. The molecule has 1 aromatic carbocycles. The molecular formula is C9H12N2O3. The number of hydrogen-bond acceptors (Lipinski definition) is 4. The fraction of sp³-hybridized carbons (Fsp3) is 0.333. The van der Waals surface area contributed by atoms with Gasteiger partial charge in [-0.2, -0.15) is 0 Å². The molecule has 0 heterocycles. The standard InChI is InChI=1S/C9H12N2O3/c1-6-3-4-9(11(12)13)8(5-6)7(2)14-10/h3-5,7H,10H2,1-2H3. The van der Waals surface area contributed by atoms with Gasteiger partial charge in [0.1, 0.15) is 6.10 Å². The van der Waals surface area contributed by atoms with Gasteiger partial charge in [0.2, 0.25) is 0 Å². The number of aryl methyl sites for hydroxylation is 1. The molecule has 2 N–H and O–H groups in total. The van der Waals surface area contributed by atoms with Crippen LogP contribution in [0.5, 0.6) is 0 Å². The average Bonchev–Trinajstić information content (AvgIpc) is 2.16. The molecule has 0 aliphatic carbocycles. The van der Waals surface area contributed by atoms with E-state index in [9.17, 15) is 10.1 Å². The number of hydrogen-bond donors (Lipinski definition) is 1. The van der Waals surface area contributed by atoms with Crippen LogP contribution in [-0.2, 0) is 4.84 Å². The van der Waals surface area contributed by atoms with E-state index in [2.05, 4.69) is 4.84 Å². The number of nitro benzene ring substituents is 1. The Morgan fingerprint density at radius 1 is 1.57 bits per heavy atom. The Morgan fingerprint density at radius 3 is 2.71 bits per heavy atom. The zero-order valence-electron chi connectivity index (χ0n) is 8.06. The molecule has 5 nitrogen and oxygen atoms in total. The van der Waals surface area contributed by atoms with Crippen LogP contribution in [0.2, 0.25) is 0 Å². The van der Waals surface area contributed by atoms with Crippen LogP contribution in [0.3, 0.4) is 0 Å². The van der Waals surface area contributed by atoms with Crippen molar-refractivity contribution in [2.75, 3.05) is 0 Å². The zero-order chi connectivity index (χ0) is 10.7. The first kappa shape index (κ1) is 10.6. The largest absolute Gasteiger partial charge is 0.297 e. The average molecular weight is 196 g/mol. The highest BCUT2D eigenvalue weighted by molar-refractivity contribution is 5.43. The minimum absolute atomic E-state index is 0.0357. The van der Waals surface area contributed by atoms with Crippen molar-refractivity contribution in [3.05, 3.63) is 39.4 Å². The van der Waals surface area contributed by atoms with Crippen molar-refractivity contribution in [2.24, 2.45) is 5.90 Å². The highest BCUT2D eigenvalue weighted by Crippen LogP contribution is 2.27. The van der Waals surface area contributed by atoms with Gasteiger partial charge in [-0.05, 0) is 19.9 Å². The number of nitro groups is 1. The number of rotatable bonds is 3. The molecular weight excluding hydrogens is 184 g/mol. The van der Waals surface area contributed by atoms with Gasteiger partial charge in [-0.25, -0.2) is 5.90 Å². The van der Waals surface area contributed by atoms with Gasteiger partial charge in [-0.1, -0.05) is 11.6 Å². The van der Waals surface area contributed by atoms with Crippen molar-refractivity contribution < 1.29 is 9.76 Å². The molecule has 5 heteroatoms. The third-order valence-corrected chi connectivity index (χ3v) is 2.02. The fourth-order valence-electron chi connectivity index (χ4n) is 1.24. The van der Waals surface area contributed by atoms with Crippen molar-refractivity contribution in [3.63, 3.8) is 0 Å². The minimum atomic E-state index is -0.477. The third kappa shape index (κ3) is 2.07. The van der Waals surface area contributed by atoms with Crippen molar-refractivity contribution in [2.45, 2.75) is 20.0 Å². The van der Waals surface area contributed by atoms with Crippen LogP contribution in [0, 0.1) is 17.0 Å². The maximum Gasteiger partial charge on any atom is 0.275 e. The summed E-state index contributed by atoms with van der Waals surface area (Å²) in [6.07, 6.45) is -0.477. The molecule has 0 spiro atoms. The maximum absolute atomic E-state index is 10.7. The summed E-state index contributed by atoms with van der Waals surface area (Å²) in [7, 11) is 0. The van der Waals surface area contributed by atoms with E-state index in [4.69, 9.17) is 5.90 Å². The molecule has 0 fully saturated rings. The molecule has 0 aliphatic rings. The topological polar surface area (TPSA) is 78.4 Å². The van der Waals surface area contributed by atoms with Crippen molar-refractivity contribution >= 4 is 5.69 Å². The van der Waals surface area contributed by atoms with E-state index in [0.29, 0.717) is 5.56 Å². The fourth-order valence-corrected chi connectivity index (χ4v) is 1.24. The van der Waals surface area contributed by atoms with Crippen LogP contribution in [0.1, 0.15) is 24.2 Å². The normalized spacial score (nSPS) is 12.5. The molecule has 0 saturated carbocycles. The van der Waals surface area contributed by atoms with Crippen LogP contribution >= 0.6 is 0 Å². The van der Waals surface area contributed by atoms with Gasteiger partial charge in [0.25, 0.3) is 5.69 Å². The summed E-state index contributed by atoms with van der Waals surface area (Å²) < 4.78 is 0. The lowest BCUT2D eigenvalue weighted by Gasteiger charge is -2.09. The Bertz CT molecular complexity index is 352. The van der Waals surface area contributed by atoms with E-state index in [1.807, 2.05) is 6.92 Å². The second kappa shape index (κ2) is 4.17. The Morgan fingerprint density at radius 2 is 2.21 bits per heavy atom. The number of nitrogens with zero attached hydrogens (tertiary/aromatic N) is 1. The second-order valence-corrected chi connectivity index (χ2v) is 3.10. The molecule has 0 saturated heterocycles. The molecule has 14 heavy (non-hydrogen) atoms. The maximum atomic E-state index is 10.7.